The van der Waals surface area contributed by atoms with Crippen LogP contribution in [0.2, 0.25) is 0 Å². The van der Waals surface area contributed by atoms with E-state index in [0.29, 0.717) is 17.1 Å². The molecule has 0 unspecified atom stereocenters. The zero-order valence-corrected chi connectivity index (χ0v) is 10.7. The van der Waals surface area contributed by atoms with Crippen LogP contribution in [-0.4, -0.2) is 13.0 Å². The lowest BCUT2D eigenvalue weighted by molar-refractivity contribution is 0.483. The molecule has 0 bridgehead atoms. The lowest BCUT2D eigenvalue weighted by Crippen LogP contribution is -2.04. The number of rotatable bonds is 3. The van der Waals surface area contributed by atoms with Gasteiger partial charge in [-0.2, -0.15) is 8.42 Å². The summed E-state index contributed by atoms with van der Waals surface area (Å²) in [6.07, 6.45) is 0. The first kappa shape index (κ1) is 13.2. The van der Waals surface area contributed by atoms with Crippen molar-refractivity contribution in [2.75, 3.05) is 16.8 Å². The second kappa shape index (κ2) is 4.79. The number of hydrogen-bond donors (Lipinski definition) is 4. The first-order valence-corrected chi connectivity index (χ1v) is 6.80. The van der Waals surface area contributed by atoms with Crippen molar-refractivity contribution in [1.82, 2.24) is 0 Å². The van der Waals surface area contributed by atoms with E-state index in [1.807, 2.05) is 0 Å². The first-order valence-electron chi connectivity index (χ1n) is 5.36. The molecule has 0 heterocycles. The van der Waals surface area contributed by atoms with Gasteiger partial charge < -0.3 is 16.8 Å². The van der Waals surface area contributed by atoms with Gasteiger partial charge in [0.1, 0.15) is 4.90 Å². The van der Waals surface area contributed by atoms with Gasteiger partial charge >= 0.3 is 0 Å². The molecule has 6 nitrogen and oxygen atoms in total. The summed E-state index contributed by atoms with van der Waals surface area (Å²) in [6.45, 7) is 0. The minimum Gasteiger partial charge on any atom is -0.399 e. The van der Waals surface area contributed by atoms with Crippen LogP contribution in [0.15, 0.2) is 47.4 Å². The van der Waals surface area contributed by atoms with E-state index in [9.17, 15) is 8.42 Å². The third-order valence-corrected chi connectivity index (χ3v) is 3.38. The fourth-order valence-corrected chi connectivity index (χ4v) is 2.26. The van der Waals surface area contributed by atoms with Crippen molar-refractivity contribution in [3.05, 3.63) is 42.5 Å². The average Bonchev–Trinajstić information content (AvgIpc) is 2.30. The van der Waals surface area contributed by atoms with Crippen molar-refractivity contribution in [2.45, 2.75) is 4.90 Å². The molecule has 0 radical (unpaired) electrons. The van der Waals surface area contributed by atoms with Gasteiger partial charge in [0.25, 0.3) is 10.1 Å². The molecular formula is C12H13N3O3S. The zero-order chi connectivity index (χ0) is 14.0. The fourth-order valence-electron chi connectivity index (χ4n) is 1.62. The summed E-state index contributed by atoms with van der Waals surface area (Å²) in [5.41, 5.74) is 12.9. The van der Waals surface area contributed by atoms with Gasteiger partial charge in [-0.3, -0.25) is 4.55 Å². The fraction of sp³-hybridized carbons (Fsp3) is 0. The maximum Gasteiger partial charge on any atom is 0.296 e. The quantitative estimate of drug-likeness (QED) is 0.503. The highest BCUT2D eigenvalue weighted by Crippen LogP contribution is 2.25. The second-order valence-corrected chi connectivity index (χ2v) is 5.37. The highest BCUT2D eigenvalue weighted by atomic mass is 32.2. The molecule has 2 aromatic rings. The average molecular weight is 279 g/mol. The molecular weight excluding hydrogens is 266 g/mol. The Morgan fingerprint density at radius 3 is 2.32 bits per heavy atom. The molecule has 0 saturated carbocycles. The van der Waals surface area contributed by atoms with E-state index in [4.69, 9.17) is 16.0 Å². The molecule has 0 aromatic heterocycles. The van der Waals surface area contributed by atoms with Crippen LogP contribution in [0.1, 0.15) is 0 Å². The Morgan fingerprint density at radius 2 is 1.68 bits per heavy atom. The molecule has 0 aliphatic rings. The van der Waals surface area contributed by atoms with Crippen molar-refractivity contribution in [3.63, 3.8) is 0 Å². The molecule has 100 valence electrons. The van der Waals surface area contributed by atoms with Crippen LogP contribution in [0, 0.1) is 0 Å². The number of nitrogens with two attached hydrogens (primary N) is 2. The molecule has 2 aromatic carbocycles. The van der Waals surface area contributed by atoms with Gasteiger partial charge in [-0.05, 0) is 36.4 Å². The third kappa shape index (κ3) is 3.15. The Labute approximate surface area is 110 Å². The number of anilines is 4. The first-order chi connectivity index (χ1) is 8.86. The predicted octanol–water partition coefficient (Wildman–Crippen LogP) is 1.84. The van der Waals surface area contributed by atoms with Crippen molar-refractivity contribution in [1.29, 1.82) is 0 Å². The normalized spacial score (nSPS) is 11.2. The summed E-state index contributed by atoms with van der Waals surface area (Å²) in [4.78, 5) is -0.332. The highest BCUT2D eigenvalue weighted by molar-refractivity contribution is 7.86. The standard InChI is InChI=1S/C12H13N3O3S/c13-8-2-1-3-9(6-8)15-10-4-5-11(14)12(7-10)19(16,17)18/h1-7,15H,13-14H2,(H,16,17,18). The van der Waals surface area contributed by atoms with E-state index in [1.54, 1.807) is 30.3 Å². The summed E-state index contributed by atoms with van der Waals surface area (Å²) in [6, 6.07) is 11.2. The summed E-state index contributed by atoms with van der Waals surface area (Å²) in [5, 5.41) is 2.97. The summed E-state index contributed by atoms with van der Waals surface area (Å²) < 4.78 is 31.3. The molecule has 0 saturated heterocycles. The molecule has 0 aliphatic heterocycles. The van der Waals surface area contributed by atoms with Crippen LogP contribution in [0.4, 0.5) is 22.7 Å². The zero-order valence-electron chi connectivity index (χ0n) is 9.87. The Bertz CT molecular complexity index is 714. The maximum atomic E-state index is 11.1. The second-order valence-electron chi connectivity index (χ2n) is 3.98. The van der Waals surface area contributed by atoms with Crippen molar-refractivity contribution in [3.8, 4) is 0 Å². The SMILES string of the molecule is Nc1cccc(Nc2ccc(N)c(S(=O)(=O)O)c2)c1. The largest absolute Gasteiger partial charge is 0.399 e. The van der Waals surface area contributed by atoms with Gasteiger partial charge in [0, 0.05) is 17.1 Å². The van der Waals surface area contributed by atoms with Crippen molar-refractivity contribution < 1.29 is 13.0 Å². The summed E-state index contributed by atoms with van der Waals surface area (Å²) >= 11 is 0. The minimum atomic E-state index is -4.35. The van der Waals surface area contributed by atoms with E-state index < -0.39 is 10.1 Å². The van der Waals surface area contributed by atoms with Crippen LogP contribution in [0.3, 0.4) is 0 Å². The molecule has 6 N–H and O–H groups in total. The van der Waals surface area contributed by atoms with Crippen LogP contribution in [0.5, 0.6) is 0 Å². The molecule has 0 amide bonds. The van der Waals surface area contributed by atoms with Crippen LogP contribution in [0.25, 0.3) is 0 Å². The summed E-state index contributed by atoms with van der Waals surface area (Å²) in [7, 11) is -4.35. The predicted molar refractivity (Wildman–Crippen MR) is 74.8 cm³/mol. The molecule has 0 spiro atoms. The Balaban J connectivity index is 2.37. The number of nitrogen functional groups attached to an aromatic ring is 2. The Morgan fingerprint density at radius 1 is 1.00 bits per heavy atom. The number of hydrogen-bond acceptors (Lipinski definition) is 5. The molecule has 2 rings (SSSR count). The van der Waals surface area contributed by atoms with Gasteiger partial charge in [-0.1, -0.05) is 6.07 Å². The van der Waals surface area contributed by atoms with Crippen LogP contribution < -0.4 is 16.8 Å². The molecule has 19 heavy (non-hydrogen) atoms. The maximum absolute atomic E-state index is 11.1. The van der Waals surface area contributed by atoms with Gasteiger partial charge in [-0.15, -0.1) is 0 Å². The van der Waals surface area contributed by atoms with E-state index in [1.165, 1.54) is 12.1 Å². The lowest BCUT2D eigenvalue weighted by Gasteiger charge is -2.09. The van der Waals surface area contributed by atoms with Gasteiger partial charge in [0.15, 0.2) is 0 Å². The monoisotopic (exact) mass is 279 g/mol. The third-order valence-electron chi connectivity index (χ3n) is 2.47. The van der Waals surface area contributed by atoms with E-state index in [2.05, 4.69) is 5.32 Å². The van der Waals surface area contributed by atoms with Crippen LogP contribution >= 0.6 is 0 Å². The highest BCUT2D eigenvalue weighted by Gasteiger charge is 2.14. The minimum absolute atomic E-state index is 0.0133. The van der Waals surface area contributed by atoms with Crippen molar-refractivity contribution >= 4 is 32.9 Å². The van der Waals surface area contributed by atoms with E-state index >= 15 is 0 Å². The Kier molecular flexibility index (Phi) is 3.32. The van der Waals surface area contributed by atoms with Gasteiger partial charge in [0.2, 0.25) is 0 Å². The Hall–Kier alpha value is -2.25. The molecule has 7 heteroatoms. The topological polar surface area (TPSA) is 118 Å². The smallest absolute Gasteiger partial charge is 0.296 e. The van der Waals surface area contributed by atoms with Crippen LogP contribution in [-0.2, 0) is 10.1 Å². The lowest BCUT2D eigenvalue weighted by atomic mass is 10.2. The van der Waals surface area contributed by atoms with E-state index in [-0.39, 0.29) is 10.6 Å². The van der Waals surface area contributed by atoms with Gasteiger partial charge in [0.05, 0.1) is 5.69 Å². The van der Waals surface area contributed by atoms with E-state index in [0.717, 1.165) is 0 Å². The van der Waals surface area contributed by atoms with Crippen molar-refractivity contribution in [2.24, 2.45) is 0 Å². The molecule has 0 fully saturated rings. The molecule has 0 aliphatic carbocycles. The number of nitrogens with one attached hydrogen (secondary N) is 1. The van der Waals surface area contributed by atoms with Gasteiger partial charge in [-0.25, -0.2) is 0 Å². The summed E-state index contributed by atoms with van der Waals surface area (Å²) in [5.74, 6) is 0. The molecule has 0 atom stereocenters. The number of benzene rings is 2.